The zero-order valence-corrected chi connectivity index (χ0v) is 17.3. The highest BCUT2D eigenvalue weighted by molar-refractivity contribution is 5.67. The van der Waals surface area contributed by atoms with E-state index in [0.717, 1.165) is 34.6 Å². The van der Waals surface area contributed by atoms with Gasteiger partial charge >= 0.3 is 6.01 Å². The number of hydrogen-bond acceptors (Lipinski definition) is 5. The van der Waals surface area contributed by atoms with Crippen molar-refractivity contribution in [3.8, 4) is 22.9 Å². The molecule has 1 N–H and O–H groups in total. The third-order valence-corrected chi connectivity index (χ3v) is 4.56. The molecule has 0 spiro atoms. The Kier molecular flexibility index (Phi) is 5.62. The summed E-state index contributed by atoms with van der Waals surface area (Å²) in [7, 11) is 0. The van der Waals surface area contributed by atoms with Gasteiger partial charge in [-0.2, -0.15) is 4.98 Å². The molecule has 0 unspecified atom stereocenters. The topological polar surface area (TPSA) is 64.9 Å². The van der Waals surface area contributed by atoms with Gasteiger partial charge in [-0.25, -0.2) is 13.5 Å². The Labute approximate surface area is 178 Å². The summed E-state index contributed by atoms with van der Waals surface area (Å²) in [6, 6.07) is 14.9. The summed E-state index contributed by atoms with van der Waals surface area (Å²) in [6.45, 7) is 5.75. The fourth-order valence-electron chi connectivity index (χ4n) is 3.02. The second-order valence-electron chi connectivity index (χ2n) is 7.32. The summed E-state index contributed by atoms with van der Waals surface area (Å²) in [5.41, 5.74) is 3.88. The van der Waals surface area contributed by atoms with Gasteiger partial charge in [-0.15, -0.1) is 5.10 Å². The SMILES string of the molecule is Cc1cc(-c2ccc(Nc3nc(Oc4ccc(F)cc4F)n(C(C)C)n3)cc2)ccn1. The molecule has 0 bridgehead atoms. The van der Waals surface area contributed by atoms with E-state index in [1.165, 1.54) is 10.7 Å². The number of pyridine rings is 1. The first-order chi connectivity index (χ1) is 14.9. The summed E-state index contributed by atoms with van der Waals surface area (Å²) < 4.78 is 34.2. The molecule has 0 saturated carbocycles. The number of ether oxygens (including phenoxy) is 1. The molecule has 2 aromatic heterocycles. The van der Waals surface area contributed by atoms with E-state index in [1.807, 2.05) is 57.2 Å². The number of rotatable bonds is 6. The molecule has 4 aromatic rings. The van der Waals surface area contributed by atoms with Gasteiger partial charge in [0.1, 0.15) is 5.82 Å². The minimum absolute atomic E-state index is 0.0844. The van der Waals surface area contributed by atoms with Crippen LogP contribution in [0.4, 0.5) is 20.4 Å². The second kappa shape index (κ2) is 8.51. The zero-order chi connectivity index (χ0) is 22.0. The first-order valence-electron chi connectivity index (χ1n) is 9.78. The molecule has 31 heavy (non-hydrogen) atoms. The van der Waals surface area contributed by atoms with Crippen molar-refractivity contribution in [2.75, 3.05) is 5.32 Å². The summed E-state index contributed by atoms with van der Waals surface area (Å²) in [4.78, 5) is 8.55. The standard InChI is InChI=1S/C23H21F2N5O/c1-14(2)30-23(31-21-9-6-18(24)13-20(21)25)28-22(29-30)27-19-7-4-16(5-8-19)17-10-11-26-15(3)12-17/h4-14H,1-3H3,(H,27,29). The average molecular weight is 421 g/mol. The lowest BCUT2D eigenvalue weighted by atomic mass is 10.1. The highest BCUT2D eigenvalue weighted by Gasteiger charge is 2.17. The van der Waals surface area contributed by atoms with E-state index in [1.54, 1.807) is 6.20 Å². The Bertz CT molecular complexity index is 1210. The van der Waals surface area contributed by atoms with E-state index in [0.29, 0.717) is 5.95 Å². The van der Waals surface area contributed by atoms with E-state index < -0.39 is 11.6 Å². The molecule has 0 atom stereocenters. The highest BCUT2D eigenvalue weighted by atomic mass is 19.1. The number of hydrogen-bond donors (Lipinski definition) is 1. The number of aromatic nitrogens is 4. The van der Waals surface area contributed by atoms with Crippen LogP contribution in [0.25, 0.3) is 11.1 Å². The molecule has 8 heteroatoms. The highest BCUT2D eigenvalue weighted by Crippen LogP contribution is 2.28. The number of aryl methyl sites for hydroxylation is 1. The van der Waals surface area contributed by atoms with E-state index in [9.17, 15) is 8.78 Å². The first kappa shape index (κ1) is 20.5. The molecule has 0 aliphatic rings. The first-order valence-corrected chi connectivity index (χ1v) is 9.78. The van der Waals surface area contributed by atoms with Crippen LogP contribution < -0.4 is 10.1 Å². The Morgan fingerprint density at radius 3 is 2.42 bits per heavy atom. The van der Waals surface area contributed by atoms with Gasteiger partial charge in [0.25, 0.3) is 0 Å². The third-order valence-electron chi connectivity index (χ3n) is 4.56. The zero-order valence-electron chi connectivity index (χ0n) is 17.3. The molecule has 4 rings (SSSR count). The molecule has 0 aliphatic carbocycles. The van der Waals surface area contributed by atoms with Crippen LogP contribution >= 0.6 is 0 Å². The van der Waals surface area contributed by atoms with Crippen molar-refractivity contribution in [2.45, 2.75) is 26.8 Å². The van der Waals surface area contributed by atoms with Crippen LogP contribution in [0.1, 0.15) is 25.6 Å². The maximum Gasteiger partial charge on any atom is 0.322 e. The van der Waals surface area contributed by atoms with Gasteiger partial charge in [0, 0.05) is 23.6 Å². The summed E-state index contributed by atoms with van der Waals surface area (Å²) in [5, 5.41) is 7.54. The van der Waals surface area contributed by atoms with E-state index >= 15 is 0 Å². The molecule has 2 aromatic carbocycles. The Morgan fingerprint density at radius 2 is 1.74 bits per heavy atom. The van der Waals surface area contributed by atoms with Gasteiger partial charge < -0.3 is 10.1 Å². The number of nitrogens with one attached hydrogen (secondary N) is 1. The van der Waals surface area contributed by atoms with Crippen LogP contribution in [0.15, 0.2) is 60.8 Å². The molecule has 2 heterocycles. The molecule has 0 amide bonds. The molecular weight excluding hydrogens is 400 g/mol. The van der Waals surface area contributed by atoms with Gasteiger partial charge in [0.15, 0.2) is 11.6 Å². The van der Waals surface area contributed by atoms with Crippen molar-refractivity contribution < 1.29 is 13.5 Å². The third kappa shape index (κ3) is 4.69. The van der Waals surface area contributed by atoms with Crippen LogP contribution in [-0.4, -0.2) is 19.7 Å². The lowest BCUT2D eigenvalue weighted by Crippen LogP contribution is -2.06. The maximum absolute atomic E-state index is 14.0. The van der Waals surface area contributed by atoms with Crippen LogP contribution in [0.2, 0.25) is 0 Å². The predicted molar refractivity (Wildman–Crippen MR) is 115 cm³/mol. The summed E-state index contributed by atoms with van der Waals surface area (Å²) >= 11 is 0. The lowest BCUT2D eigenvalue weighted by molar-refractivity contribution is 0.359. The Morgan fingerprint density at radius 1 is 0.968 bits per heavy atom. The van der Waals surface area contributed by atoms with Gasteiger partial charge in [-0.3, -0.25) is 4.98 Å². The van der Waals surface area contributed by atoms with Crippen molar-refractivity contribution in [1.29, 1.82) is 0 Å². The van der Waals surface area contributed by atoms with Gasteiger partial charge in [0.2, 0.25) is 5.95 Å². The number of nitrogens with zero attached hydrogens (tertiary/aromatic N) is 4. The molecule has 158 valence electrons. The van der Waals surface area contributed by atoms with Crippen LogP contribution in [0.5, 0.6) is 11.8 Å². The van der Waals surface area contributed by atoms with Crippen molar-refractivity contribution in [2.24, 2.45) is 0 Å². The molecular formula is C23H21F2N5O. The Hall–Kier alpha value is -3.81. The second-order valence-corrected chi connectivity index (χ2v) is 7.32. The minimum atomic E-state index is -0.810. The van der Waals surface area contributed by atoms with Crippen LogP contribution in [0, 0.1) is 18.6 Å². The fourth-order valence-corrected chi connectivity index (χ4v) is 3.02. The maximum atomic E-state index is 14.0. The average Bonchev–Trinajstić information content (AvgIpc) is 3.13. The molecule has 0 aliphatic heterocycles. The lowest BCUT2D eigenvalue weighted by Gasteiger charge is -2.09. The number of benzene rings is 2. The molecule has 6 nitrogen and oxygen atoms in total. The Balaban J connectivity index is 1.55. The predicted octanol–water partition coefficient (Wildman–Crippen LogP) is 6.04. The largest absolute Gasteiger partial charge is 0.421 e. The molecule has 0 radical (unpaired) electrons. The van der Waals surface area contributed by atoms with Crippen LogP contribution in [0.3, 0.4) is 0 Å². The number of anilines is 2. The minimum Gasteiger partial charge on any atom is -0.421 e. The normalized spacial score (nSPS) is 11.0. The number of halogens is 2. The van der Waals surface area contributed by atoms with Gasteiger partial charge in [0.05, 0.1) is 6.04 Å². The van der Waals surface area contributed by atoms with E-state index in [-0.39, 0.29) is 17.8 Å². The van der Waals surface area contributed by atoms with Crippen LogP contribution in [-0.2, 0) is 0 Å². The van der Waals surface area contributed by atoms with Crippen molar-refractivity contribution >= 4 is 11.6 Å². The smallest absolute Gasteiger partial charge is 0.322 e. The summed E-state index contributed by atoms with van der Waals surface area (Å²) in [6.07, 6.45) is 1.78. The quantitative estimate of drug-likeness (QED) is 0.411. The molecule has 0 saturated heterocycles. The van der Waals surface area contributed by atoms with Crippen molar-refractivity contribution in [3.63, 3.8) is 0 Å². The monoisotopic (exact) mass is 421 g/mol. The fraction of sp³-hybridized carbons (Fsp3) is 0.174. The van der Waals surface area contributed by atoms with Gasteiger partial charge in [-0.05, 0) is 68.3 Å². The van der Waals surface area contributed by atoms with E-state index in [4.69, 9.17) is 4.74 Å². The molecule has 0 fully saturated rings. The summed E-state index contributed by atoms with van der Waals surface area (Å²) in [5.74, 6) is -1.31. The van der Waals surface area contributed by atoms with Crippen molar-refractivity contribution in [3.05, 3.63) is 78.1 Å². The van der Waals surface area contributed by atoms with Crippen molar-refractivity contribution in [1.82, 2.24) is 19.7 Å². The van der Waals surface area contributed by atoms with Gasteiger partial charge in [-0.1, -0.05) is 12.1 Å². The van der Waals surface area contributed by atoms with E-state index in [2.05, 4.69) is 20.4 Å².